The van der Waals surface area contributed by atoms with Crippen LogP contribution in [-0.4, -0.2) is 16.6 Å². The summed E-state index contributed by atoms with van der Waals surface area (Å²) in [6.07, 6.45) is 3.37. The Kier molecular flexibility index (Phi) is 6.04. The van der Waals surface area contributed by atoms with Crippen molar-refractivity contribution in [3.63, 3.8) is 0 Å². The lowest BCUT2D eigenvalue weighted by Crippen LogP contribution is -2.14. The number of nitrogens with one attached hydrogen (secondary N) is 1. The normalized spacial score (nSPS) is 11.7. The molecule has 1 aromatic heterocycles. The molecule has 3 N–H and O–H groups in total. The number of anilines is 2. The van der Waals surface area contributed by atoms with Crippen LogP contribution >= 0.6 is 0 Å². The molecule has 1 heterocycles. The molecule has 0 radical (unpaired) electrons. The van der Waals surface area contributed by atoms with Crippen molar-refractivity contribution in [3.8, 4) is 5.75 Å². The number of aromatic nitrogens is 2. The maximum absolute atomic E-state index is 6.11. The molecule has 5 heteroatoms. The lowest BCUT2D eigenvalue weighted by molar-refractivity contribution is 0.322. The minimum atomic E-state index is 0.155. The van der Waals surface area contributed by atoms with Gasteiger partial charge in [0.1, 0.15) is 11.6 Å². The first-order valence-corrected chi connectivity index (χ1v) is 8.87. The number of nitrogens with zero attached hydrogens (tertiary/aromatic N) is 2. The Morgan fingerprint density at radius 2 is 1.73 bits per heavy atom. The summed E-state index contributed by atoms with van der Waals surface area (Å²) >= 11 is 0. The van der Waals surface area contributed by atoms with Crippen molar-refractivity contribution in [2.75, 3.05) is 17.7 Å². The van der Waals surface area contributed by atoms with Crippen LogP contribution in [0.3, 0.4) is 0 Å². The molecule has 0 unspecified atom stereocenters. The van der Waals surface area contributed by atoms with Crippen molar-refractivity contribution < 1.29 is 4.74 Å². The van der Waals surface area contributed by atoms with Crippen molar-refractivity contribution >= 4 is 11.8 Å². The fourth-order valence-electron chi connectivity index (χ4n) is 2.74. The van der Waals surface area contributed by atoms with E-state index in [4.69, 9.17) is 10.5 Å². The molecule has 3 aromatic rings. The Morgan fingerprint density at radius 3 is 2.38 bits per heavy atom. The summed E-state index contributed by atoms with van der Waals surface area (Å²) in [5.74, 6) is 1.88. The van der Waals surface area contributed by atoms with E-state index in [9.17, 15) is 0 Å². The van der Waals surface area contributed by atoms with Crippen LogP contribution in [0.1, 0.15) is 30.5 Å². The minimum absolute atomic E-state index is 0.155. The van der Waals surface area contributed by atoms with Gasteiger partial charge in [-0.3, -0.25) is 0 Å². The SMILES string of the molecule is CC[C@H](Nc1ncc(CCOc2ccccc2)c(N)n1)c1ccccc1. The summed E-state index contributed by atoms with van der Waals surface area (Å²) < 4.78 is 5.71. The van der Waals surface area contributed by atoms with Gasteiger partial charge < -0.3 is 15.8 Å². The highest BCUT2D eigenvalue weighted by Gasteiger charge is 2.11. The van der Waals surface area contributed by atoms with Gasteiger partial charge in [0.25, 0.3) is 0 Å². The van der Waals surface area contributed by atoms with Gasteiger partial charge in [-0.2, -0.15) is 4.98 Å². The Labute approximate surface area is 154 Å². The largest absolute Gasteiger partial charge is 0.493 e. The third kappa shape index (κ3) is 4.72. The first kappa shape index (κ1) is 17.7. The molecule has 1 atom stereocenters. The molecule has 5 nitrogen and oxygen atoms in total. The van der Waals surface area contributed by atoms with Crippen molar-refractivity contribution in [2.45, 2.75) is 25.8 Å². The predicted octanol–water partition coefficient (Wildman–Crippen LogP) is 4.24. The quantitative estimate of drug-likeness (QED) is 0.637. The molecule has 3 rings (SSSR count). The monoisotopic (exact) mass is 348 g/mol. The lowest BCUT2D eigenvalue weighted by Gasteiger charge is -2.18. The van der Waals surface area contributed by atoms with E-state index in [0.29, 0.717) is 24.8 Å². The molecule has 0 aliphatic heterocycles. The van der Waals surface area contributed by atoms with E-state index in [2.05, 4.69) is 34.3 Å². The fourth-order valence-corrected chi connectivity index (χ4v) is 2.74. The van der Waals surface area contributed by atoms with Gasteiger partial charge in [-0.05, 0) is 24.1 Å². The maximum Gasteiger partial charge on any atom is 0.225 e. The Morgan fingerprint density at radius 1 is 1.04 bits per heavy atom. The summed E-state index contributed by atoms with van der Waals surface area (Å²) in [7, 11) is 0. The predicted molar refractivity (Wildman–Crippen MR) is 105 cm³/mol. The fraction of sp³-hybridized carbons (Fsp3) is 0.238. The average molecular weight is 348 g/mol. The minimum Gasteiger partial charge on any atom is -0.493 e. The molecular weight excluding hydrogens is 324 g/mol. The van der Waals surface area contributed by atoms with Crippen LogP contribution < -0.4 is 15.8 Å². The van der Waals surface area contributed by atoms with Gasteiger partial charge in [-0.15, -0.1) is 0 Å². The van der Waals surface area contributed by atoms with Crippen LogP contribution in [0.2, 0.25) is 0 Å². The Balaban J connectivity index is 1.60. The van der Waals surface area contributed by atoms with Gasteiger partial charge in [0.15, 0.2) is 0 Å². The van der Waals surface area contributed by atoms with Crippen LogP contribution in [0.15, 0.2) is 66.9 Å². The topological polar surface area (TPSA) is 73.1 Å². The third-order valence-electron chi connectivity index (χ3n) is 4.19. The molecule has 0 aliphatic carbocycles. The van der Waals surface area contributed by atoms with E-state index in [1.807, 2.05) is 48.5 Å². The van der Waals surface area contributed by atoms with Crippen LogP contribution in [0.4, 0.5) is 11.8 Å². The van der Waals surface area contributed by atoms with Crippen LogP contribution in [-0.2, 0) is 6.42 Å². The first-order valence-electron chi connectivity index (χ1n) is 8.87. The number of ether oxygens (including phenoxy) is 1. The van der Waals surface area contributed by atoms with Gasteiger partial charge in [0, 0.05) is 18.2 Å². The van der Waals surface area contributed by atoms with Crippen molar-refractivity contribution in [1.29, 1.82) is 0 Å². The average Bonchev–Trinajstić information content (AvgIpc) is 2.69. The summed E-state index contributed by atoms with van der Waals surface area (Å²) in [6.45, 7) is 2.66. The molecule has 0 spiro atoms. The molecular formula is C21H24N4O. The van der Waals surface area contributed by atoms with Crippen molar-refractivity contribution in [3.05, 3.63) is 78.0 Å². The second kappa shape index (κ2) is 8.85. The molecule has 2 aromatic carbocycles. The first-order chi connectivity index (χ1) is 12.8. The number of rotatable bonds is 8. The molecule has 134 valence electrons. The third-order valence-corrected chi connectivity index (χ3v) is 4.19. The van der Waals surface area contributed by atoms with E-state index >= 15 is 0 Å². The Bertz CT molecular complexity index is 809. The van der Waals surface area contributed by atoms with E-state index in [1.54, 1.807) is 6.20 Å². The molecule has 0 saturated carbocycles. The second-order valence-corrected chi connectivity index (χ2v) is 6.03. The highest BCUT2D eigenvalue weighted by atomic mass is 16.5. The van der Waals surface area contributed by atoms with Crippen molar-refractivity contribution in [2.24, 2.45) is 0 Å². The second-order valence-electron chi connectivity index (χ2n) is 6.03. The number of hydrogen-bond donors (Lipinski definition) is 2. The van der Waals surface area contributed by atoms with Crippen LogP contribution in [0.5, 0.6) is 5.75 Å². The van der Waals surface area contributed by atoms with E-state index in [0.717, 1.165) is 17.7 Å². The summed E-state index contributed by atoms with van der Waals surface area (Å²) in [4.78, 5) is 8.83. The molecule has 0 saturated heterocycles. The van der Waals surface area contributed by atoms with E-state index < -0.39 is 0 Å². The number of hydrogen-bond acceptors (Lipinski definition) is 5. The number of nitrogen functional groups attached to an aromatic ring is 1. The smallest absolute Gasteiger partial charge is 0.225 e. The molecule has 0 bridgehead atoms. The maximum atomic E-state index is 6.11. The highest BCUT2D eigenvalue weighted by molar-refractivity contribution is 5.44. The Hall–Kier alpha value is -3.08. The van der Waals surface area contributed by atoms with Crippen LogP contribution in [0.25, 0.3) is 0 Å². The molecule has 0 amide bonds. The molecule has 26 heavy (non-hydrogen) atoms. The molecule has 0 aliphatic rings. The zero-order valence-corrected chi connectivity index (χ0v) is 14.9. The zero-order valence-electron chi connectivity index (χ0n) is 14.9. The van der Waals surface area contributed by atoms with Crippen LogP contribution in [0, 0.1) is 0 Å². The van der Waals surface area contributed by atoms with Gasteiger partial charge in [-0.25, -0.2) is 4.98 Å². The van der Waals surface area contributed by atoms with E-state index in [1.165, 1.54) is 5.56 Å². The number of benzene rings is 2. The zero-order chi connectivity index (χ0) is 18.2. The van der Waals surface area contributed by atoms with Gasteiger partial charge in [0.2, 0.25) is 5.95 Å². The van der Waals surface area contributed by atoms with Gasteiger partial charge >= 0.3 is 0 Å². The highest BCUT2D eigenvalue weighted by Crippen LogP contribution is 2.21. The van der Waals surface area contributed by atoms with E-state index in [-0.39, 0.29) is 6.04 Å². The lowest BCUT2D eigenvalue weighted by atomic mass is 10.1. The summed E-state index contributed by atoms with van der Waals surface area (Å²) in [5.41, 5.74) is 8.20. The van der Waals surface area contributed by atoms with Gasteiger partial charge in [0.05, 0.1) is 12.6 Å². The number of para-hydroxylation sites is 1. The summed E-state index contributed by atoms with van der Waals surface area (Å²) in [5, 5.41) is 3.36. The number of nitrogens with two attached hydrogens (primary N) is 1. The molecule has 0 fully saturated rings. The van der Waals surface area contributed by atoms with Crippen molar-refractivity contribution in [1.82, 2.24) is 9.97 Å². The standard InChI is InChI=1S/C21H24N4O/c1-2-19(16-9-5-3-6-10-16)24-21-23-15-17(20(22)25-21)13-14-26-18-11-7-4-8-12-18/h3-12,15,19H,2,13-14H2,1H3,(H3,22,23,24,25)/t19-/m0/s1. The van der Waals surface area contributed by atoms with Gasteiger partial charge in [-0.1, -0.05) is 55.5 Å². The summed E-state index contributed by atoms with van der Waals surface area (Å²) in [6, 6.07) is 20.1.